The average molecular weight is 297 g/mol. The van der Waals surface area contributed by atoms with Crippen molar-refractivity contribution in [2.45, 2.75) is 44.1 Å². The maximum Gasteiger partial charge on any atom is 0.209 e. The van der Waals surface area contributed by atoms with Gasteiger partial charge in [-0.05, 0) is 18.4 Å². The smallest absolute Gasteiger partial charge is 0.209 e. The molecule has 1 saturated carbocycles. The van der Waals surface area contributed by atoms with Gasteiger partial charge in [0, 0.05) is 5.92 Å². The molecule has 0 saturated heterocycles. The fourth-order valence-electron chi connectivity index (χ4n) is 2.73. The maximum atomic E-state index is 11.4. The average Bonchev–Trinajstić information content (AvgIpc) is 2.44. The number of sulfonamides is 1. The molecule has 20 heavy (non-hydrogen) atoms. The van der Waals surface area contributed by atoms with Gasteiger partial charge in [0.25, 0.3) is 0 Å². The minimum Gasteiger partial charge on any atom is -0.378 e. The van der Waals surface area contributed by atoms with Crippen molar-refractivity contribution in [3.63, 3.8) is 0 Å². The van der Waals surface area contributed by atoms with E-state index in [2.05, 4.69) is 0 Å². The molecule has 4 nitrogen and oxygen atoms in total. The lowest BCUT2D eigenvalue weighted by Gasteiger charge is -2.25. The molecule has 2 rings (SSSR count). The Labute approximate surface area is 121 Å². The molecule has 0 amide bonds. The van der Waals surface area contributed by atoms with Crippen LogP contribution in [0.25, 0.3) is 0 Å². The van der Waals surface area contributed by atoms with E-state index >= 15 is 0 Å². The van der Waals surface area contributed by atoms with Gasteiger partial charge in [0.15, 0.2) is 0 Å². The van der Waals surface area contributed by atoms with Gasteiger partial charge in [-0.15, -0.1) is 0 Å². The maximum absolute atomic E-state index is 11.4. The summed E-state index contributed by atoms with van der Waals surface area (Å²) in [5.74, 6) is -0.253. The predicted molar refractivity (Wildman–Crippen MR) is 80.0 cm³/mol. The Morgan fingerprint density at radius 1 is 1.15 bits per heavy atom. The summed E-state index contributed by atoms with van der Waals surface area (Å²) >= 11 is 0. The van der Waals surface area contributed by atoms with Crippen LogP contribution in [0.2, 0.25) is 0 Å². The molecule has 5 heteroatoms. The van der Waals surface area contributed by atoms with Crippen molar-refractivity contribution in [2.75, 3.05) is 12.4 Å². The van der Waals surface area contributed by atoms with Gasteiger partial charge in [0.05, 0.1) is 18.5 Å². The molecular weight excluding hydrogens is 274 g/mol. The predicted octanol–water partition coefficient (Wildman–Crippen LogP) is 2.41. The van der Waals surface area contributed by atoms with Gasteiger partial charge in [-0.3, -0.25) is 0 Å². The van der Waals surface area contributed by atoms with Crippen molar-refractivity contribution >= 4 is 10.0 Å². The third-order valence-electron chi connectivity index (χ3n) is 3.79. The first kappa shape index (κ1) is 15.5. The Morgan fingerprint density at radius 3 is 2.40 bits per heavy atom. The largest absolute Gasteiger partial charge is 0.378 e. The molecule has 112 valence electrons. The first-order chi connectivity index (χ1) is 9.54. The summed E-state index contributed by atoms with van der Waals surface area (Å²) in [6, 6.07) is 9.60. The highest BCUT2D eigenvalue weighted by Crippen LogP contribution is 2.23. The first-order valence-electron chi connectivity index (χ1n) is 7.21. The molecule has 0 bridgehead atoms. The van der Waals surface area contributed by atoms with Crippen LogP contribution >= 0.6 is 0 Å². The van der Waals surface area contributed by atoms with Crippen LogP contribution in [0.5, 0.6) is 0 Å². The SMILES string of the molecule is NS(=O)(=O)CC(COC1CCCCC1)c1ccccc1. The molecule has 2 N–H and O–H groups in total. The van der Waals surface area contributed by atoms with E-state index in [0.29, 0.717) is 6.61 Å². The van der Waals surface area contributed by atoms with E-state index < -0.39 is 10.0 Å². The van der Waals surface area contributed by atoms with Crippen LogP contribution in [-0.2, 0) is 14.8 Å². The fraction of sp³-hybridized carbons (Fsp3) is 0.600. The Morgan fingerprint density at radius 2 is 1.80 bits per heavy atom. The van der Waals surface area contributed by atoms with Gasteiger partial charge < -0.3 is 4.74 Å². The highest BCUT2D eigenvalue weighted by atomic mass is 32.2. The zero-order valence-corrected chi connectivity index (χ0v) is 12.5. The summed E-state index contributed by atoms with van der Waals surface area (Å²) in [5, 5.41) is 5.20. The van der Waals surface area contributed by atoms with E-state index in [9.17, 15) is 8.42 Å². The van der Waals surface area contributed by atoms with E-state index in [1.54, 1.807) is 0 Å². The van der Waals surface area contributed by atoms with E-state index in [1.165, 1.54) is 19.3 Å². The second-order valence-electron chi connectivity index (χ2n) is 5.53. The lowest BCUT2D eigenvalue weighted by Crippen LogP contribution is -2.27. The number of hydrogen-bond donors (Lipinski definition) is 1. The second kappa shape index (κ2) is 7.20. The van der Waals surface area contributed by atoms with E-state index in [-0.39, 0.29) is 17.8 Å². The Balaban J connectivity index is 1.99. The molecule has 0 aromatic heterocycles. The third-order valence-corrected chi connectivity index (χ3v) is 4.66. The summed E-state index contributed by atoms with van der Waals surface area (Å²) in [7, 11) is -3.50. The Bertz CT molecular complexity index is 495. The van der Waals surface area contributed by atoms with Crippen LogP contribution in [0.3, 0.4) is 0 Å². The molecule has 1 atom stereocenters. The van der Waals surface area contributed by atoms with E-state index in [1.807, 2.05) is 30.3 Å². The van der Waals surface area contributed by atoms with Gasteiger partial charge >= 0.3 is 0 Å². The second-order valence-corrected chi connectivity index (χ2v) is 7.19. The molecule has 1 aromatic carbocycles. The zero-order valence-electron chi connectivity index (χ0n) is 11.7. The van der Waals surface area contributed by atoms with Gasteiger partial charge in [0.2, 0.25) is 10.0 Å². The van der Waals surface area contributed by atoms with E-state index in [4.69, 9.17) is 9.88 Å². The van der Waals surface area contributed by atoms with Gasteiger partial charge in [-0.2, -0.15) is 0 Å². The molecule has 1 aliphatic rings. The fourth-order valence-corrected chi connectivity index (χ4v) is 3.58. The van der Waals surface area contributed by atoms with Crippen LogP contribution in [0.15, 0.2) is 30.3 Å². The minimum atomic E-state index is -3.50. The first-order valence-corrected chi connectivity index (χ1v) is 8.93. The quantitative estimate of drug-likeness (QED) is 0.876. The zero-order chi connectivity index (χ0) is 14.4. The van der Waals surface area contributed by atoms with Gasteiger partial charge in [0.1, 0.15) is 0 Å². The summed E-state index contributed by atoms with van der Waals surface area (Å²) in [6.07, 6.45) is 6.12. The van der Waals surface area contributed by atoms with Crippen molar-refractivity contribution in [1.82, 2.24) is 0 Å². The van der Waals surface area contributed by atoms with Crippen LogP contribution < -0.4 is 5.14 Å². The van der Waals surface area contributed by atoms with E-state index in [0.717, 1.165) is 18.4 Å². The molecule has 1 fully saturated rings. The van der Waals surface area contributed by atoms with Crippen LogP contribution in [0.1, 0.15) is 43.6 Å². The minimum absolute atomic E-state index is 0.0657. The highest BCUT2D eigenvalue weighted by Gasteiger charge is 2.21. The summed E-state index contributed by atoms with van der Waals surface area (Å²) in [6.45, 7) is 0.422. The molecule has 1 aromatic rings. The number of benzene rings is 1. The molecule has 1 aliphatic carbocycles. The number of nitrogens with two attached hydrogens (primary N) is 1. The van der Waals surface area contributed by atoms with Crippen molar-refractivity contribution < 1.29 is 13.2 Å². The number of ether oxygens (including phenoxy) is 1. The standard InChI is InChI=1S/C15H23NO3S/c16-20(17,18)12-14(13-7-3-1-4-8-13)11-19-15-9-5-2-6-10-15/h1,3-4,7-8,14-15H,2,5-6,9-12H2,(H2,16,17,18). The molecule has 0 spiro atoms. The summed E-state index contributed by atoms with van der Waals surface area (Å²) < 4.78 is 28.7. The van der Waals surface area contributed by atoms with Gasteiger partial charge in [-0.25, -0.2) is 13.6 Å². The van der Waals surface area contributed by atoms with Crippen LogP contribution in [0.4, 0.5) is 0 Å². The summed E-state index contributed by atoms with van der Waals surface area (Å²) in [4.78, 5) is 0. The monoisotopic (exact) mass is 297 g/mol. The summed E-state index contributed by atoms with van der Waals surface area (Å²) in [5.41, 5.74) is 0.970. The molecule has 0 aliphatic heterocycles. The Hall–Kier alpha value is -0.910. The van der Waals surface area contributed by atoms with Crippen molar-refractivity contribution in [3.05, 3.63) is 35.9 Å². The molecule has 0 heterocycles. The lowest BCUT2D eigenvalue weighted by molar-refractivity contribution is 0.0224. The van der Waals surface area contributed by atoms with Crippen LogP contribution in [-0.4, -0.2) is 26.9 Å². The number of rotatable bonds is 6. The number of primary sulfonamides is 1. The molecule has 1 unspecified atom stereocenters. The van der Waals surface area contributed by atoms with Crippen molar-refractivity contribution in [1.29, 1.82) is 0 Å². The normalized spacial score (nSPS) is 18.9. The van der Waals surface area contributed by atoms with Crippen LogP contribution in [0, 0.1) is 0 Å². The molecular formula is C15H23NO3S. The molecule has 0 radical (unpaired) electrons. The van der Waals surface area contributed by atoms with Gasteiger partial charge in [-0.1, -0.05) is 49.6 Å². The number of hydrogen-bond acceptors (Lipinski definition) is 3. The Kier molecular flexibility index (Phi) is 5.57. The lowest BCUT2D eigenvalue weighted by atomic mass is 9.97. The third kappa shape index (κ3) is 5.23. The highest BCUT2D eigenvalue weighted by molar-refractivity contribution is 7.89. The van der Waals surface area contributed by atoms with Crippen molar-refractivity contribution in [2.24, 2.45) is 5.14 Å². The van der Waals surface area contributed by atoms with Crippen molar-refractivity contribution in [3.8, 4) is 0 Å². The topological polar surface area (TPSA) is 69.4 Å².